The van der Waals surface area contributed by atoms with E-state index in [1.165, 1.54) is 5.56 Å². The van der Waals surface area contributed by atoms with Crippen molar-refractivity contribution in [2.45, 2.75) is 39.5 Å². The number of nitrogens with one attached hydrogen (secondary N) is 1. The summed E-state index contributed by atoms with van der Waals surface area (Å²) in [6, 6.07) is 0. The minimum atomic E-state index is 0.891. The lowest BCUT2D eigenvalue weighted by Gasteiger charge is -2.21. The summed E-state index contributed by atoms with van der Waals surface area (Å²) in [6.45, 7) is 9.58. The van der Waals surface area contributed by atoms with Gasteiger partial charge in [-0.05, 0) is 39.5 Å². The van der Waals surface area contributed by atoms with E-state index in [1.807, 2.05) is 27.0 Å². The first kappa shape index (κ1) is 17.3. The Morgan fingerprint density at radius 2 is 2.19 bits per heavy atom. The fourth-order valence-electron chi connectivity index (χ4n) is 2.29. The van der Waals surface area contributed by atoms with Gasteiger partial charge in [-0.3, -0.25) is 4.99 Å². The van der Waals surface area contributed by atoms with Crippen molar-refractivity contribution in [3.63, 3.8) is 0 Å². The number of aromatic nitrogens is 1. The predicted octanol–water partition coefficient (Wildman–Crippen LogP) is 2.70. The van der Waals surface area contributed by atoms with Crippen LogP contribution >= 0.6 is 0 Å². The van der Waals surface area contributed by atoms with Crippen LogP contribution in [0.15, 0.2) is 22.2 Å². The van der Waals surface area contributed by atoms with Crippen molar-refractivity contribution >= 4 is 5.96 Å². The number of unbranched alkanes of at least 4 members (excludes halogenated alkanes) is 1. The van der Waals surface area contributed by atoms with E-state index in [4.69, 9.17) is 4.52 Å². The van der Waals surface area contributed by atoms with E-state index in [0.29, 0.717) is 0 Å². The van der Waals surface area contributed by atoms with Gasteiger partial charge in [0, 0.05) is 32.7 Å². The summed E-state index contributed by atoms with van der Waals surface area (Å²) in [5, 5.41) is 7.38. The van der Waals surface area contributed by atoms with Crippen LogP contribution in [-0.2, 0) is 6.42 Å². The number of allylic oxidation sites excluding steroid dienone is 1. The maximum absolute atomic E-state index is 5.18. The van der Waals surface area contributed by atoms with Crippen LogP contribution in [0.5, 0.6) is 0 Å². The van der Waals surface area contributed by atoms with E-state index >= 15 is 0 Å². The third kappa shape index (κ3) is 5.61. The summed E-state index contributed by atoms with van der Waals surface area (Å²) in [5.74, 6) is 1.87. The smallest absolute Gasteiger partial charge is 0.193 e. The van der Waals surface area contributed by atoms with Gasteiger partial charge in [0.05, 0.1) is 5.69 Å². The van der Waals surface area contributed by atoms with E-state index in [2.05, 4.69) is 34.0 Å². The van der Waals surface area contributed by atoms with E-state index in [9.17, 15) is 0 Å². The number of aryl methyl sites for hydroxylation is 2. The molecule has 5 heteroatoms. The molecule has 1 rings (SSSR count). The van der Waals surface area contributed by atoms with Gasteiger partial charge in [-0.1, -0.05) is 11.2 Å². The van der Waals surface area contributed by atoms with Gasteiger partial charge in [0.1, 0.15) is 5.76 Å². The molecule has 1 aromatic heterocycles. The lowest BCUT2D eigenvalue weighted by molar-refractivity contribution is 0.392. The Balaban J connectivity index is 2.31. The molecule has 1 heterocycles. The minimum Gasteiger partial charge on any atom is -0.361 e. The monoisotopic (exact) mass is 292 g/mol. The Labute approximate surface area is 128 Å². The van der Waals surface area contributed by atoms with Crippen LogP contribution in [0.4, 0.5) is 0 Å². The van der Waals surface area contributed by atoms with Crippen molar-refractivity contribution < 1.29 is 4.52 Å². The van der Waals surface area contributed by atoms with Gasteiger partial charge in [-0.2, -0.15) is 0 Å². The molecule has 0 atom stereocenters. The van der Waals surface area contributed by atoms with Crippen LogP contribution in [0.1, 0.15) is 36.3 Å². The Morgan fingerprint density at radius 3 is 2.76 bits per heavy atom. The molecule has 1 aromatic rings. The van der Waals surface area contributed by atoms with Gasteiger partial charge >= 0.3 is 0 Å². The summed E-state index contributed by atoms with van der Waals surface area (Å²) >= 11 is 0. The molecule has 21 heavy (non-hydrogen) atoms. The van der Waals surface area contributed by atoms with Crippen molar-refractivity contribution in [1.29, 1.82) is 0 Å². The molecule has 1 N–H and O–H groups in total. The number of hydrogen-bond donors (Lipinski definition) is 1. The van der Waals surface area contributed by atoms with E-state index < -0.39 is 0 Å². The lowest BCUT2D eigenvalue weighted by atomic mass is 10.1. The molecular weight excluding hydrogens is 264 g/mol. The highest BCUT2D eigenvalue weighted by molar-refractivity contribution is 5.79. The van der Waals surface area contributed by atoms with E-state index in [-0.39, 0.29) is 0 Å². The largest absolute Gasteiger partial charge is 0.361 e. The molecule has 0 radical (unpaired) electrons. The summed E-state index contributed by atoms with van der Waals surface area (Å²) in [4.78, 5) is 6.46. The maximum Gasteiger partial charge on any atom is 0.193 e. The third-order valence-corrected chi connectivity index (χ3v) is 3.54. The Morgan fingerprint density at radius 1 is 1.43 bits per heavy atom. The quantitative estimate of drug-likeness (QED) is 0.346. The van der Waals surface area contributed by atoms with Crippen LogP contribution in [0.25, 0.3) is 0 Å². The van der Waals surface area contributed by atoms with Crippen molar-refractivity contribution in [2.75, 3.05) is 27.2 Å². The van der Waals surface area contributed by atoms with Gasteiger partial charge in [0.25, 0.3) is 0 Å². The normalized spacial score (nSPS) is 11.5. The average Bonchev–Trinajstić information content (AvgIpc) is 2.79. The first-order valence-electron chi connectivity index (χ1n) is 7.54. The summed E-state index contributed by atoms with van der Waals surface area (Å²) < 4.78 is 5.18. The molecule has 0 aliphatic rings. The van der Waals surface area contributed by atoms with Gasteiger partial charge in [-0.15, -0.1) is 6.58 Å². The first-order valence-corrected chi connectivity index (χ1v) is 7.54. The van der Waals surface area contributed by atoms with Gasteiger partial charge in [0.15, 0.2) is 5.96 Å². The zero-order valence-electron chi connectivity index (χ0n) is 13.8. The molecular formula is C16H28N4O. The fraction of sp³-hybridized carbons (Fsp3) is 0.625. The highest BCUT2D eigenvalue weighted by atomic mass is 16.5. The van der Waals surface area contributed by atoms with E-state index in [1.54, 1.807) is 0 Å². The highest BCUT2D eigenvalue weighted by Crippen LogP contribution is 2.13. The first-order chi connectivity index (χ1) is 10.1. The topological polar surface area (TPSA) is 53.7 Å². The molecule has 0 amide bonds. The Bertz CT molecular complexity index is 445. The average molecular weight is 292 g/mol. The molecule has 0 saturated heterocycles. The number of hydrogen-bond acceptors (Lipinski definition) is 3. The summed E-state index contributed by atoms with van der Waals surface area (Å²) in [7, 11) is 3.88. The summed E-state index contributed by atoms with van der Waals surface area (Å²) in [6.07, 6.45) is 6.09. The number of rotatable bonds is 8. The number of aliphatic imine (C=N–C) groups is 1. The maximum atomic E-state index is 5.18. The molecule has 0 aliphatic carbocycles. The van der Waals surface area contributed by atoms with Crippen LogP contribution in [-0.4, -0.2) is 43.2 Å². The second kappa shape index (κ2) is 9.21. The molecule has 118 valence electrons. The van der Waals surface area contributed by atoms with Gasteiger partial charge in [-0.25, -0.2) is 0 Å². The van der Waals surface area contributed by atoms with Crippen molar-refractivity contribution in [2.24, 2.45) is 4.99 Å². The molecule has 0 spiro atoms. The Hall–Kier alpha value is -1.78. The zero-order chi connectivity index (χ0) is 15.7. The SMILES string of the molecule is C=CCCCN(C)C(=NC)NCCCc1c(C)noc1C. The zero-order valence-corrected chi connectivity index (χ0v) is 13.8. The van der Waals surface area contributed by atoms with Gasteiger partial charge < -0.3 is 14.7 Å². The van der Waals surface area contributed by atoms with Crippen LogP contribution in [0.3, 0.4) is 0 Å². The molecule has 0 bridgehead atoms. The summed E-state index contributed by atoms with van der Waals surface area (Å²) in [5.41, 5.74) is 2.23. The second-order valence-corrected chi connectivity index (χ2v) is 5.23. The standard InChI is InChI=1S/C16H28N4O/c1-6-7-8-12-20(5)16(17-4)18-11-9-10-15-13(2)19-21-14(15)3/h6H,1,7-12H2,2-5H3,(H,17,18). The molecule has 0 unspecified atom stereocenters. The van der Waals surface area contributed by atoms with Crippen molar-refractivity contribution in [1.82, 2.24) is 15.4 Å². The van der Waals surface area contributed by atoms with Crippen LogP contribution < -0.4 is 5.32 Å². The second-order valence-electron chi connectivity index (χ2n) is 5.23. The minimum absolute atomic E-state index is 0.891. The number of guanidine groups is 1. The van der Waals surface area contributed by atoms with Crippen molar-refractivity contribution in [3.8, 4) is 0 Å². The molecule has 5 nitrogen and oxygen atoms in total. The molecule has 0 aromatic carbocycles. The van der Waals surface area contributed by atoms with Crippen LogP contribution in [0.2, 0.25) is 0 Å². The molecule has 0 aliphatic heterocycles. The fourth-order valence-corrected chi connectivity index (χ4v) is 2.29. The Kier molecular flexibility index (Phi) is 7.58. The highest BCUT2D eigenvalue weighted by Gasteiger charge is 2.09. The molecule has 0 fully saturated rings. The van der Waals surface area contributed by atoms with Crippen molar-refractivity contribution in [3.05, 3.63) is 29.7 Å². The number of nitrogens with zero attached hydrogens (tertiary/aromatic N) is 3. The van der Waals surface area contributed by atoms with Gasteiger partial charge in [0.2, 0.25) is 0 Å². The lowest BCUT2D eigenvalue weighted by Crippen LogP contribution is -2.39. The molecule has 0 saturated carbocycles. The third-order valence-electron chi connectivity index (χ3n) is 3.54. The van der Waals surface area contributed by atoms with E-state index in [0.717, 1.165) is 56.2 Å². The van der Waals surface area contributed by atoms with Crippen LogP contribution in [0, 0.1) is 13.8 Å². The predicted molar refractivity (Wildman–Crippen MR) is 87.7 cm³/mol.